The summed E-state index contributed by atoms with van der Waals surface area (Å²) in [5.74, 6) is -0.914. The van der Waals surface area contributed by atoms with Crippen molar-refractivity contribution >= 4 is 12.0 Å². The summed E-state index contributed by atoms with van der Waals surface area (Å²) in [6.07, 6.45) is 4.66. The molecular weight excluding hydrogens is 232 g/mol. The Hall–Kier alpha value is -1.26. The number of carbonyl (C=O) groups is 2. The molecule has 0 radical (unpaired) electrons. The molecular formula is C13H24N2O3. The molecule has 0 aliphatic heterocycles. The molecule has 0 heterocycles. The second kappa shape index (κ2) is 5.59. The lowest BCUT2D eigenvalue weighted by atomic mass is 9.89. The van der Waals surface area contributed by atoms with Gasteiger partial charge in [-0.25, -0.2) is 4.79 Å². The van der Waals surface area contributed by atoms with Crippen molar-refractivity contribution < 1.29 is 14.7 Å². The van der Waals surface area contributed by atoms with Crippen LogP contribution in [0.5, 0.6) is 0 Å². The average molecular weight is 256 g/mol. The van der Waals surface area contributed by atoms with Crippen molar-refractivity contribution in [2.75, 3.05) is 6.54 Å². The first-order valence-corrected chi connectivity index (χ1v) is 6.50. The lowest BCUT2D eigenvalue weighted by molar-refractivity contribution is -0.138. The molecule has 18 heavy (non-hydrogen) atoms. The van der Waals surface area contributed by atoms with E-state index in [4.69, 9.17) is 5.11 Å². The van der Waals surface area contributed by atoms with Crippen LogP contribution in [-0.2, 0) is 4.79 Å². The van der Waals surface area contributed by atoms with E-state index in [0.29, 0.717) is 6.54 Å². The van der Waals surface area contributed by atoms with Crippen molar-refractivity contribution in [3.05, 3.63) is 0 Å². The Bertz CT molecular complexity index is 320. The van der Waals surface area contributed by atoms with Gasteiger partial charge in [0.1, 0.15) is 0 Å². The smallest absolute Gasteiger partial charge is 0.315 e. The van der Waals surface area contributed by atoms with E-state index in [1.165, 1.54) is 12.8 Å². The molecule has 5 nitrogen and oxygen atoms in total. The molecule has 0 atom stereocenters. The average Bonchev–Trinajstić information content (AvgIpc) is 2.60. The second-order valence-corrected chi connectivity index (χ2v) is 6.28. The Balaban J connectivity index is 2.35. The maximum Gasteiger partial charge on any atom is 0.315 e. The number of urea groups is 1. The molecule has 0 unspecified atom stereocenters. The molecule has 0 aromatic heterocycles. The molecule has 0 bridgehead atoms. The molecule has 1 saturated carbocycles. The minimum Gasteiger partial charge on any atom is -0.481 e. The fourth-order valence-corrected chi connectivity index (χ4v) is 2.47. The first kappa shape index (κ1) is 14.8. The summed E-state index contributed by atoms with van der Waals surface area (Å²) in [6.45, 7) is 6.25. The fraction of sp³-hybridized carbons (Fsp3) is 0.846. The van der Waals surface area contributed by atoms with Crippen molar-refractivity contribution in [1.29, 1.82) is 0 Å². The number of carboxylic acids is 1. The van der Waals surface area contributed by atoms with Gasteiger partial charge in [-0.3, -0.25) is 4.79 Å². The van der Waals surface area contributed by atoms with E-state index in [0.717, 1.165) is 12.8 Å². The maximum absolute atomic E-state index is 11.7. The lowest BCUT2D eigenvalue weighted by Gasteiger charge is -2.27. The van der Waals surface area contributed by atoms with Gasteiger partial charge in [0.05, 0.1) is 6.42 Å². The van der Waals surface area contributed by atoms with E-state index in [1.54, 1.807) is 13.8 Å². The normalized spacial score (nSPS) is 18.4. The summed E-state index contributed by atoms with van der Waals surface area (Å²) in [5, 5.41) is 14.3. The van der Waals surface area contributed by atoms with E-state index < -0.39 is 11.5 Å². The van der Waals surface area contributed by atoms with Crippen molar-refractivity contribution in [1.82, 2.24) is 10.6 Å². The third-order valence-electron chi connectivity index (χ3n) is 3.53. The number of nitrogens with one attached hydrogen (secondary N) is 2. The number of hydrogen-bond donors (Lipinski definition) is 3. The third kappa shape index (κ3) is 4.94. The molecule has 0 spiro atoms. The van der Waals surface area contributed by atoms with Gasteiger partial charge in [0, 0.05) is 12.1 Å². The van der Waals surface area contributed by atoms with E-state index in [1.807, 2.05) is 0 Å². The Labute approximate surface area is 108 Å². The quantitative estimate of drug-likeness (QED) is 0.705. The van der Waals surface area contributed by atoms with Crippen molar-refractivity contribution in [3.63, 3.8) is 0 Å². The maximum atomic E-state index is 11.7. The fourth-order valence-electron chi connectivity index (χ4n) is 2.47. The zero-order valence-electron chi connectivity index (χ0n) is 11.5. The molecule has 0 aromatic carbocycles. The van der Waals surface area contributed by atoms with Crippen LogP contribution < -0.4 is 10.6 Å². The Kier molecular flexibility index (Phi) is 4.59. The van der Waals surface area contributed by atoms with E-state index in [9.17, 15) is 9.59 Å². The molecule has 1 rings (SSSR count). The molecule has 2 amide bonds. The van der Waals surface area contributed by atoms with E-state index in [2.05, 4.69) is 17.6 Å². The summed E-state index contributed by atoms with van der Waals surface area (Å²) < 4.78 is 0. The van der Waals surface area contributed by atoms with Crippen LogP contribution >= 0.6 is 0 Å². The molecule has 5 heteroatoms. The number of carbonyl (C=O) groups excluding carboxylic acids is 1. The van der Waals surface area contributed by atoms with Gasteiger partial charge in [-0.1, -0.05) is 19.8 Å². The number of aliphatic carboxylic acids is 1. The SMILES string of the molecule is CC1(CNC(=O)NC(C)(C)CC(=O)O)CCCC1. The number of hydrogen-bond acceptors (Lipinski definition) is 2. The van der Waals surface area contributed by atoms with E-state index in [-0.39, 0.29) is 17.9 Å². The van der Waals surface area contributed by atoms with Crippen LogP contribution in [0, 0.1) is 5.41 Å². The monoisotopic (exact) mass is 256 g/mol. The van der Waals surface area contributed by atoms with Gasteiger partial charge < -0.3 is 15.7 Å². The molecule has 3 N–H and O–H groups in total. The third-order valence-corrected chi connectivity index (χ3v) is 3.53. The van der Waals surface area contributed by atoms with Crippen LogP contribution in [0.2, 0.25) is 0 Å². The van der Waals surface area contributed by atoms with Gasteiger partial charge in [-0.2, -0.15) is 0 Å². The highest BCUT2D eigenvalue weighted by atomic mass is 16.4. The highest BCUT2D eigenvalue weighted by Gasteiger charge is 2.30. The van der Waals surface area contributed by atoms with Gasteiger partial charge in [0.15, 0.2) is 0 Å². The Morgan fingerprint density at radius 1 is 1.28 bits per heavy atom. The van der Waals surface area contributed by atoms with Gasteiger partial charge in [0.25, 0.3) is 0 Å². The Morgan fingerprint density at radius 2 is 1.83 bits per heavy atom. The van der Waals surface area contributed by atoms with Crippen molar-refractivity contribution in [2.24, 2.45) is 5.41 Å². The van der Waals surface area contributed by atoms with Crippen LogP contribution in [0.25, 0.3) is 0 Å². The lowest BCUT2D eigenvalue weighted by Crippen LogP contribution is -2.51. The molecule has 0 aromatic rings. The van der Waals surface area contributed by atoms with Gasteiger partial charge in [0.2, 0.25) is 0 Å². The molecule has 1 aliphatic carbocycles. The highest BCUT2D eigenvalue weighted by Crippen LogP contribution is 2.36. The van der Waals surface area contributed by atoms with Crippen LogP contribution in [0.1, 0.15) is 52.9 Å². The predicted octanol–water partition coefficient (Wildman–Crippen LogP) is 2.12. The summed E-state index contributed by atoms with van der Waals surface area (Å²) in [7, 11) is 0. The largest absolute Gasteiger partial charge is 0.481 e. The standard InChI is InChI=1S/C13H24N2O3/c1-12(2,8-10(16)17)15-11(18)14-9-13(3)6-4-5-7-13/h4-9H2,1-3H3,(H,16,17)(H2,14,15,18). The summed E-state index contributed by atoms with van der Waals surface area (Å²) in [6, 6.07) is -0.283. The number of rotatable bonds is 5. The van der Waals surface area contributed by atoms with Gasteiger partial charge >= 0.3 is 12.0 Å². The minimum atomic E-state index is -0.914. The van der Waals surface area contributed by atoms with Crippen LogP contribution in [0.4, 0.5) is 4.79 Å². The second-order valence-electron chi connectivity index (χ2n) is 6.28. The van der Waals surface area contributed by atoms with Crippen molar-refractivity contribution in [3.8, 4) is 0 Å². The zero-order chi connectivity index (χ0) is 13.8. The topological polar surface area (TPSA) is 78.4 Å². The Morgan fingerprint density at radius 3 is 2.33 bits per heavy atom. The first-order valence-electron chi connectivity index (χ1n) is 6.50. The summed E-state index contributed by atoms with van der Waals surface area (Å²) in [4.78, 5) is 22.4. The molecule has 1 aliphatic rings. The minimum absolute atomic E-state index is 0.0856. The zero-order valence-corrected chi connectivity index (χ0v) is 11.5. The van der Waals surface area contributed by atoms with Crippen LogP contribution in [0.15, 0.2) is 0 Å². The van der Waals surface area contributed by atoms with Crippen LogP contribution in [0.3, 0.4) is 0 Å². The number of carboxylic acid groups (broad SMARTS) is 1. The first-order chi connectivity index (χ1) is 8.22. The predicted molar refractivity (Wildman–Crippen MR) is 69.4 cm³/mol. The molecule has 104 valence electrons. The number of amides is 2. The van der Waals surface area contributed by atoms with E-state index >= 15 is 0 Å². The summed E-state index contributed by atoms with van der Waals surface area (Å²) >= 11 is 0. The molecule has 0 saturated heterocycles. The van der Waals surface area contributed by atoms with Gasteiger partial charge in [-0.05, 0) is 32.1 Å². The summed E-state index contributed by atoms with van der Waals surface area (Å²) in [5.41, 5.74) is -0.527. The van der Waals surface area contributed by atoms with Crippen molar-refractivity contribution in [2.45, 2.75) is 58.4 Å². The van der Waals surface area contributed by atoms with Crippen LogP contribution in [-0.4, -0.2) is 29.2 Å². The highest BCUT2D eigenvalue weighted by molar-refractivity contribution is 5.76. The van der Waals surface area contributed by atoms with Gasteiger partial charge in [-0.15, -0.1) is 0 Å². The molecule has 1 fully saturated rings.